The number of hydrogen-bond acceptors (Lipinski definition) is 3. The summed E-state index contributed by atoms with van der Waals surface area (Å²) >= 11 is 0. The fourth-order valence-corrected chi connectivity index (χ4v) is 1.57. The van der Waals surface area contributed by atoms with Gasteiger partial charge in [0.15, 0.2) is 0 Å². The van der Waals surface area contributed by atoms with Gasteiger partial charge in [0, 0.05) is 12.6 Å². The maximum atomic E-state index is 9.80. The lowest BCUT2D eigenvalue weighted by molar-refractivity contribution is 0.0763. The van der Waals surface area contributed by atoms with Gasteiger partial charge in [0.2, 0.25) is 0 Å². The Morgan fingerprint density at radius 2 is 1.92 bits per heavy atom. The Morgan fingerprint density at radius 1 is 1.31 bits per heavy atom. The van der Waals surface area contributed by atoms with Gasteiger partial charge in [-0.15, -0.1) is 0 Å². The molecule has 0 aliphatic heterocycles. The molecule has 0 aromatic heterocycles. The standard InChI is InChI=1S/C10H24N2O/c1-3-5-6-8(4-2)10(13)9(12)7-11/h8-10,13H,3-7,11-12H2,1-2H3. The minimum absolute atomic E-state index is 0.262. The third-order valence-corrected chi connectivity index (χ3v) is 2.65. The molecule has 0 bridgehead atoms. The van der Waals surface area contributed by atoms with Crippen molar-refractivity contribution in [1.29, 1.82) is 0 Å². The van der Waals surface area contributed by atoms with Crippen molar-refractivity contribution in [1.82, 2.24) is 0 Å². The molecule has 0 aromatic carbocycles. The molecule has 0 aliphatic carbocycles. The van der Waals surface area contributed by atoms with E-state index in [-0.39, 0.29) is 6.04 Å². The maximum Gasteiger partial charge on any atom is 0.0731 e. The van der Waals surface area contributed by atoms with Crippen LogP contribution in [0.1, 0.15) is 39.5 Å². The van der Waals surface area contributed by atoms with Gasteiger partial charge in [-0.25, -0.2) is 0 Å². The van der Waals surface area contributed by atoms with E-state index < -0.39 is 6.10 Å². The lowest BCUT2D eigenvalue weighted by Gasteiger charge is -2.25. The number of aliphatic hydroxyl groups excluding tert-OH is 1. The monoisotopic (exact) mass is 188 g/mol. The topological polar surface area (TPSA) is 72.3 Å². The van der Waals surface area contributed by atoms with Crippen molar-refractivity contribution in [3.8, 4) is 0 Å². The second-order valence-corrected chi connectivity index (χ2v) is 3.70. The van der Waals surface area contributed by atoms with Gasteiger partial charge in [-0.05, 0) is 12.3 Å². The molecule has 3 atom stereocenters. The lowest BCUT2D eigenvalue weighted by Crippen LogP contribution is -2.45. The van der Waals surface area contributed by atoms with Crippen LogP contribution in [0.25, 0.3) is 0 Å². The second kappa shape index (κ2) is 7.30. The van der Waals surface area contributed by atoms with Crippen molar-refractivity contribution in [2.45, 2.75) is 51.7 Å². The first-order valence-corrected chi connectivity index (χ1v) is 5.31. The predicted octanol–water partition coefficient (Wildman–Crippen LogP) is 0.850. The number of rotatable bonds is 7. The average Bonchev–Trinajstić information content (AvgIpc) is 2.17. The molecule has 0 aromatic rings. The van der Waals surface area contributed by atoms with E-state index in [0.717, 1.165) is 19.3 Å². The van der Waals surface area contributed by atoms with Crippen molar-refractivity contribution >= 4 is 0 Å². The largest absolute Gasteiger partial charge is 0.391 e. The maximum absolute atomic E-state index is 9.80. The summed E-state index contributed by atoms with van der Waals surface area (Å²) in [5.41, 5.74) is 11.1. The highest BCUT2D eigenvalue weighted by Crippen LogP contribution is 2.18. The van der Waals surface area contributed by atoms with Gasteiger partial charge in [-0.3, -0.25) is 0 Å². The number of hydrogen-bond donors (Lipinski definition) is 3. The summed E-state index contributed by atoms with van der Waals surface area (Å²) in [6.45, 7) is 4.61. The minimum Gasteiger partial charge on any atom is -0.391 e. The lowest BCUT2D eigenvalue weighted by atomic mass is 9.89. The van der Waals surface area contributed by atoms with E-state index in [1.54, 1.807) is 0 Å². The summed E-state index contributed by atoms with van der Waals surface area (Å²) in [7, 11) is 0. The van der Waals surface area contributed by atoms with Crippen LogP contribution >= 0.6 is 0 Å². The Bertz CT molecular complexity index is 119. The van der Waals surface area contributed by atoms with Crippen LogP contribution in [-0.2, 0) is 0 Å². The molecule has 3 unspecified atom stereocenters. The van der Waals surface area contributed by atoms with Crippen molar-refractivity contribution in [2.75, 3.05) is 6.54 Å². The van der Waals surface area contributed by atoms with Gasteiger partial charge in [0.1, 0.15) is 0 Å². The van der Waals surface area contributed by atoms with E-state index in [4.69, 9.17) is 11.5 Å². The van der Waals surface area contributed by atoms with Gasteiger partial charge in [0.25, 0.3) is 0 Å². The van der Waals surface area contributed by atoms with Crippen LogP contribution in [0, 0.1) is 5.92 Å². The van der Waals surface area contributed by atoms with E-state index in [2.05, 4.69) is 13.8 Å². The van der Waals surface area contributed by atoms with Crippen LogP contribution < -0.4 is 11.5 Å². The average molecular weight is 188 g/mol. The highest BCUT2D eigenvalue weighted by Gasteiger charge is 2.22. The Morgan fingerprint density at radius 3 is 2.31 bits per heavy atom. The Balaban J connectivity index is 3.90. The quantitative estimate of drug-likeness (QED) is 0.554. The van der Waals surface area contributed by atoms with Crippen molar-refractivity contribution < 1.29 is 5.11 Å². The van der Waals surface area contributed by atoms with E-state index >= 15 is 0 Å². The van der Waals surface area contributed by atoms with Gasteiger partial charge in [0.05, 0.1) is 6.10 Å². The number of nitrogens with two attached hydrogens (primary N) is 2. The first-order chi connectivity index (χ1) is 6.17. The number of unbranched alkanes of at least 4 members (excludes halogenated alkanes) is 1. The van der Waals surface area contributed by atoms with E-state index in [1.165, 1.54) is 6.42 Å². The molecule has 0 saturated carbocycles. The molecule has 3 nitrogen and oxygen atoms in total. The molecule has 13 heavy (non-hydrogen) atoms. The molecule has 5 N–H and O–H groups in total. The van der Waals surface area contributed by atoms with Crippen LogP contribution in [0.15, 0.2) is 0 Å². The van der Waals surface area contributed by atoms with Crippen LogP contribution in [0.2, 0.25) is 0 Å². The summed E-state index contributed by atoms with van der Waals surface area (Å²) in [6.07, 6.45) is 3.94. The molecule has 0 spiro atoms. The molecule has 0 fully saturated rings. The van der Waals surface area contributed by atoms with Crippen LogP contribution in [0.4, 0.5) is 0 Å². The van der Waals surface area contributed by atoms with Gasteiger partial charge in [-0.2, -0.15) is 0 Å². The fourth-order valence-electron chi connectivity index (χ4n) is 1.57. The summed E-state index contributed by atoms with van der Waals surface area (Å²) < 4.78 is 0. The SMILES string of the molecule is CCCCC(CC)C(O)C(N)CN. The van der Waals surface area contributed by atoms with E-state index in [0.29, 0.717) is 12.5 Å². The molecular weight excluding hydrogens is 164 g/mol. The molecule has 0 saturated heterocycles. The minimum atomic E-state index is -0.429. The van der Waals surface area contributed by atoms with Crippen LogP contribution in [0.5, 0.6) is 0 Å². The molecule has 80 valence electrons. The summed E-state index contributed by atoms with van der Waals surface area (Å²) in [5, 5.41) is 9.80. The normalized spacial score (nSPS) is 18.2. The third kappa shape index (κ3) is 4.60. The van der Waals surface area contributed by atoms with Gasteiger partial charge in [-0.1, -0.05) is 33.1 Å². The molecular formula is C10H24N2O. The van der Waals surface area contributed by atoms with Crippen molar-refractivity contribution in [3.63, 3.8) is 0 Å². The Kier molecular flexibility index (Phi) is 7.23. The number of aliphatic hydroxyl groups is 1. The zero-order valence-electron chi connectivity index (χ0n) is 8.87. The summed E-state index contributed by atoms with van der Waals surface area (Å²) in [4.78, 5) is 0. The molecule has 3 heteroatoms. The van der Waals surface area contributed by atoms with Crippen molar-refractivity contribution in [3.05, 3.63) is 0 Å². The summed E-state index contributed by atoms with van der Waals surface area (Å²) in [6, 6.07) is -0.262. The van der Waals surface area contributed by atoms with E-state index in [9.17, 15) is 5.11 Å². The Labute approximate surface area is 81.5 Å². The second-order valence-electron chi connectivity index (χ2n) is 3.70. The van der Waals surface area contributed by atoms with Crippen LogP contribution in [0.3, 0.4) is 0 Å². The third-order valence-electron chi connectivity index (χ3n) is 2.65. The molecule has 0 rings (SSSR count). The zero-order valence-corrected chi connectivity index (χ0v) is 8.87. The molecule has 0 amide bonds. The van der Waals surface area contributed by atoms with Crippen molar-refractivity contribution in [2.24, 2.45) is 17.4 Å². The van der Waals surface area contributed by atoms with Crippen LogP contribution in [-0.4, -0.2) is 23.8 Å². The zero-order chi connectivity index (χ0) is 10.3. The molecule has 0 radical (unpaired) electrons. The predicted molar refractivity (Wildman–Crippen MR) is 56.3 cm³/mol. The van der Waals surface area contributed by atoms with E-state index in [1.807, 2.05) is 0 Å². The van der Waals surface area contributed by atoms with Gasteiger partial charge < -0.3 is 16.6 Å². The van der Waals surface area contributed by atoms with Gasteiger partial charge >= 0.3 is 0 Å². The molecule has 0 heterocycles. The first kappa shape index (κ1) is 12.9. The highest BCUT2D eigenvalue weighted by molar-refractivity contribution is 4.78. The Hall–Kier alpha value is -0.120. The summed E-state index contributed by atoms with van der Waals surface area (Å²) in [5.74, 6) is 0.318. The fraction of sp³-hybridized carbons (Fsp3) is 1.00. The highest BCUT2D eigenvalue weighted by atomic mass is 16.3. The first-order valence-electron chi connectivity index (χ1n) is 5.31. The molecule has 0 aliphatic rings. The smallest absolute Gasteiger partial charge is 0.0731 e.